The normalized spacial score (nSPS) is 14.8. The quantitative estimate of drug-likeness (QED) is 0.587. The van der Waals surface area contributed by atoms with Gasteiger partial charge in [0.15, 0.2) is 0 Å². The first kappa shape index (κ1) is 22.7. The smallest absolute Gasteiger partial charge is 0.259 e. The molecule has 0 aliphatic carbocycles. The zero-order valence-electron chi connectivity index (χ0n) is 19.4. The molecule has 1 saturated heterocycles. The van der Waals surface area contributed by atoms with Crippen molar-refractivity contribution in [2.24, 2.45) is 0 Å². The maximum absolute atomic E-state index is 12.7. The van der Waals surface area contributed by atoms with Crippen molar-refractivity contribution in [3.8, 4) is 17.1 Å². The van der Waals surface area contributed by atoms with Gasteiger partial charge in [0.25, 0.3) is 5.56 Å². The third kappa shape index (κ3) is 5.14. The molecule has 1 fully saturated rings. The van der Waals surface area contributed by atoms with Crippen LogP contribution in [0.15, 0.2) is 47.3 Å². The van der Waals surface area contributed by atoms with Gasteiger partial charge in [-0.2, -0.15) is 0 Å². The predicted octanol–water partition coefficient (Wildman–Crippen LogP) is 3.47. The molecule has 172 valence electrons. The zero-order valence-corrected chi connectivity index (χ0v) is 19.4. The molecule has 3 aromatic rings. The monoisotopic (exact) mass is 446 g/mol. The molecule has 0 atom stereocenters. The van der Waals surface area contributed by atoms with E-state index in [4.69, 9.17) is 9.72 Å². The highest BCUT2D eigenvalue weighted by Crippen LogP contribution is 2.30. The Labute approximate surface area is 193 Å². The number of aromatic amines is 1. The summed E-state index contributed by atoms with van der Waals surface area (Å²) in [5.41, 5.74) is 2.95. The van der Waals surface area contributed by atoms with Crippen molar-refractivity contribution >= 4 is 22.9 Å². The van der Waals surface area contributed by atoms with Crippen molar-refractivity contribution in [2.75, 3.05) is 39.8 Å². The van der Waals surface area contributed by atoms with Crippen LogP contribution in [0, 0.1) is 6.92 Å². The van der Waals surface area contributed by atoms with E-state index in [2.05, 4.69) is 16.9 Å². The number of H-pyrrole nitrogens is 1. The number of nitrogens with one attached hydrogen (secondary N) is 1. The standard InChI is InChI=1S/C26H30N4O3/c1-4-16-33-22-10-8-19(9-11-23(31)30-14-12-29(3)13-15-30)17-21(22)25-27-24-18(2)6-5-7-20(24)26(32)28-25/h5-11,17H,4,12-16H2,1-3H3,(H,27,28,32)/b11-9+. The molecular formula is C26H30N4O3. The third-order valence-electron chi connectivity index (χ3n) is 5.89. The van der Waals surface area contributed by atoms with E-state index in [1.165, 1.54) is 0 Å². The Balaban J connectivity index is 1.69. The number of ether oxygens (including phenoxy) is 1. The molecule has 1 aliphatic rings. The number of piperazine rings is 1. The van der Waals surface area contributed by atoms with Crippen molar-refractivity contribution < 1.29 is 9.53 Å². The van der Waals surface area contributed by atoms with Crippen molar-refractivity contribution in [2.45, 2.75) is 20.3 Å². The lowest BCUT2D eigenvalue weighted by Crippen LogP contribution is -2.46. The molecule has 7 nitrogen and oxygen atoms in total. The molecule has 1 N–H and O–H groups in total. The fourth-order valence-corrected chi connectivity index (χ4v) is 3.91. The molecule has 0 bridgehead atoms. The second-order valence-corrected chi connectivity index (χ2v) is 8.45. The molecule has 2 heterocycles. The van der Waals surface area contributed by atoms with Gasteiger partial charge in [-0.3, -0.25) is 9.59 Å². The van der Waals surface area contributed by atoms with E-state index in [0.29, 0.717) is 34.6 Å². The van der Waals surface area contributed by atoms with E-state index in [0.717, 1.165) is 43.7 Å². The number of hydrogen-bond donors (Lipinski definition) is 1. The van der Waals surface area contributed by atoms with Gasteiger partial charge in [-0.1, -0.05) is 25.1 Å². The first-order valence-electron chi connectivity index (χ1n) is 11.4. The highest BCUT2D eigenvalue weighted by Gasteiger charge is 2.17. The highest BCUT2D eigenvalue weighted by molar-refractivity contribution is 5.92. The van der Waals surface area contributed by atoms with Crippen LogP contribution in [0.5, 0.6) is 5.75 Å². The van der Waals surface area contributed by atoms with Crippen LogP contribution < -0.4 is 10.3 Å². The van der Waals surface area contributed by atoms with Gasteiger partial charge in [-0.15, -0.1) is 0 Å². The topological polar surface area (TPSA) is 78.5 Å². The molecule has 0 spiro atoms. The van der Waals surface area contributed by atoms with Crippen LogP contribution >= 0.6 is 0 Å². The Kier molecular flexibility index (Phi) is 6.89. The van der Waals surface area contributed by atoms with Gasteiger partial charge in [-0.05, 0) is 55.8 Å². The number of hydrogen-bond acceptors (Lipinski definition) is 5. The Morgan fingerprint density at radius 1 is 1.18 bits per heavy atom. The van der Waals surface area contributed by atoms with Crippen LogP contribution in [-0.4, -0.2) is 65.5 Å². The first-order chi connectivity index (χ1) is 16.0. The molecule has 7 heteroatoms. The molecule has 4 rings (SSSR count). The predicted molar refractivity (Wildman–Crippen MR) is 131 cm³/mol. The summed E-state index contributed by atoms with van der Waals surface area (Å²) in [6, 6.07) is 11.2. The van der Waals surface area contributed by atoms with Gasteiger partial charge in [0.05, 0.1) is 23.1 Å². The first-order valence-corrected chi connectivity index (χ1v) is 11.4. The van der Waals surface area contributed by atoms with Gasteiger partial charge < -0.3 is 19.5 Å². The van der Waals surface area contributed by atoms with Crippen LogP contribution in [0.3, 0.4) is 0 Å². The van der Waals surface area contributed by atoms with E-state index < -0.39 is 0 Å². The average molecular weight is 447 g/mol. The third-order valence-corrected chi connectivity index (χ3v) is 5.89. The number of amides is 1. The molecule has 1 aliphatic heterocycles. The highest BCUT2D eigenvalue weighted by atomic mass is 16.5. The summed E-state index contributed by atoms with van der Waals surface area (Å²) in [7, 11) is 2.06. The lowest BCUT2D eigenvalue weighted by Gasteiger charge is -2.31. The Bertz CT molecular complexity index is 1240. The summed E-state index contributed by atoms with van der Waals surface area (Å²) in [6.07, 6.45) is 4.28. The van der Waals surface area contributed by atoms with Gasteiger partial charge >= 0.3 is 0 Å². The van der Waals surface area contributed by atoms with Crippen molar-refractivity contribution in [1.82, 2.24) is 19.8 Å². The van der Waals surface area contributed by atoms with Crippen molar-refractivity contribution in [3.05, 3.63) is 64.0 Å². The average Bonchev–Trinajstić information content (AvgIpc) is 2.82. The number of aryl methyl sites for hydroxylation is 1. The number of para-hydroxylation sites is 1. The summed E-state index contributed by atoms with van der Waals surface area (Å²) >= 11 is 0. The van der Waals surface area contributed by atoms with Crippen molar-refractivity contribution in [1.29, 1.82) is 0 Å². The molecular weight excluding hydrogens is 416 g/mol. The lowest BCUT2D eigenvalue weighted by atomic mass is 10.1. The minimum atomic E-state index is -0.189. The summed E-state index contributed by atoms with van der Waals surface area (Å²) in [6.45, 7) is 7.77. The van der Waals surface area contributed by atoms with Crippen LogP contribution in [0.4, 0.5) is 0 Å². The Hall–Kier alpha value is -3.45. The minimum absolute atomic E-state index is 0.00354. The summed E-state index contributed by atoms with van der Waals surface area (Å²) in [4.78, 5) is 37.1. The fraction of sp³-hybridized carbons (Fsp3) is 0.346. The van der Waals surface area contributed by atoms with Gasteiger partial charge in [0.2, 0.25) is 5.91 Å². The number of likely N-dealkylation sites (N-methyl/N-ethyl adjacent to an activating group) is 1. The molecule has 0 radical (unpaired) electrons. The van der Waals surface area contributed by atoms with E-state index >= 15 is 0 Å². The second-order valence-electron chi connectivity index (χ2n) is 8.45. The molecule has 0 unspecified atom stereocenters. The Morgan fingerprint density at radius 2 is 1.97 bits per heavy atom. The van der Waals surface area contributed by atoms with Gasteiger partial charge in [0, 0.05) is 32.3 Å². The van der Waals surface area contributed by atoms with E-state index in [-0.39, 0.29) is 11.5 Å². The Morgan fingerprint density at radius 3 is 2.73 bits per heavy atom. The van der Waals surface area contributed by atoms with E-state index in [9.17, 15) is 9.59 Å². The summed E-state index contributed by atoms with van der Waals surface area (Å²) < 4.78 is 5.94. The van der Waals surface area contributed by atoms with Crippen LogP contribution in [0.1, 0.15) is 24.5 Å². The SMILES string of the molecule is CCCOc1ccc(/C=C/C(=O)N2CCN(C)CC2)cc1-c1nc2c(C)cccc2c(=O)[nH]1. The number of carbonyl (C=O) groups is 1. The number of benzene rings is 2. The van der Waals surface area contributed by atoms with Crippen LogP contribution in [0.2, 0.25) is 0 Å². The zero-order chi connectivity index (χ0) is 23.4. The van der Waals surface area contributed by atoms with E-state index in [1.807, 2.05) is 49.1 Å². The van der Waals surface area contributed by atoms with E-state index in [1.54, 1.807) is 18.2 Å². The van der Waals surface area contributed by atoms with Gasteiger partial charge in [0.1, 0.15) is 11.6 Å². The second kappa shape index (κ2) is 10.0. The summed E-state index contributed by atoms with van der Waals surface area (Å²) in [5, 5.41) is 0.559. The number of nitrogens with zero attached hydrogens (tertiary/aromatic N) is 3. The maximum atomic E-state index is 12.7. The molecule has 0 saturated carbocycles. The largest absolute Gasteiger partial charge is 0.493 e. The molecule has 1 aromatic heterocycles. The molecule has 33 heavy (non-hydrogen) atoms. The lowest BCUT2D eigenvalue weighted by molar-refractivity contribution is -0.127. The number of carbonyl (C=O) groups excluding carboxylic acids is 1. The number of fused-ring (bicyclic) bond motifs is 1. The van der Waals surface area contributed by atoms with Crippen LogP contribution in [-0.2, 0) is 4.79 Å². The maximum Gasteiger partial charge on any atom is 0.259 e. The summed E-state index contributed by atoms with van der Waals surface area (Å²) in [5.74, 6) is 1.10. The minimum Gasteiger partial charge on any atom is -0.493 e. The van der Waals surface area contributed by atoms with Gasteiger partial charge in [-0.25, -0.2) is 4.98 Å². The molecule has 1 amide bonds. The van der Waals surface area contributed by atoms with Crippen molar-refractivity contribution in [3.63, 3.8) is 0 Å². The number of aromatic nitrogens is 2. The molecule has 2 aromatic carbocycles. The fourth-order valence-electron chi connectivity index (χ4n) is 3.91. The van der Waals surface area contributed by atoms with Crippen LogP contribution in [0.25, 0.3) is 28.4 Å². The number of rotatable bonds is 6.